The molecular weight excluding hydrogens is 202 g/mol. The number of ether oxygens (including phenoxy) is 2. The maximum atomic E-state index is 5.98. The number of nitrogens with one attached hydrogen (secondary N) is 1. The predicted octanol–water partition coefficient (Wildman–Crippen LogP) is 1.97. The molecule has 0 aromatic heterocycles. The number of hydrogen-bond donors (Lipinski definition) is 1. The summed E-state index contributed by atoms with van der Waals surface area (Å²) in [5, 5.41) is 3.51. The van der Waals surface area contributed by atoms with Crippen LogP contribution < -0.4 is 14.8 Å². The molecule has 1 aromatic carbocycles. The molecule has 2 aliphatic heterocycles. The largest absolute Gasteiger partial charge is 0.486 e. The third-order valence-electron chi connectivity index (χ3n) is 3.33. The van der Waals surface area contributed by atoms with E-state index < -0.39 is 0 Å². The number of fused-ring (bicyclic) bond motifs is 1. The van der Waals surface area contributed by atoms with Gasteiger partial charge in [-0.3, -0.25) is 0 Å². The highest BCUT2D eigenvalue weighted by Gasteiger charge is 2.29. The monoisotopic (exact) mass is 219 g/mol. The van der Waals surface area contributed by atoms with Crippen LogP contribution in [-0.2, 0) is 0 Å². The molecule has 0 saturated carbocycles. The number of hydrogen-bond acceptors (Lipinski definition) is 3. The van der Waals surface area contributed by atoms with Gasteiger partial charge in [-0.1, -0.05) is 18.6 Å². The molecule has 0 bridgehead atoms. The molecule has 2 heterocycles. The van der Waals surface area contributed by atoms with Gasteiger partial charge in [-0.2, -0.15) is 0 Å². The average Bonchev–Trinajstić information content (AvgIpc) is 2.39. The maximum absolute atomic E-state index is 5.98. The molecule has 2 aliphatic rings. The molecule has 0 aliphatic carbocycles. The van der Waals surface area contributed by atoms with Gasteiger partial charge in [-0.15, -0.1) is 0 Å². The predicted molar refractivity (Wildman–Crippen MR) is 62.0 cm³/mol. The average molecular weight is 219 g/mol. The minimum Gasteiger partial charge on any atom is -0.486 e. The molecule has 0 spiro atoms. The summed E-state index contributed by atoms with van der Waals surface area (Å²) in [5.74, 6) is 1.75. The molecule has 1 aromatic rings. The number of rotatable bonds is 1. The Hall–Kier alpha value is -1.22. The van der Waals surface area contributed by atoms with E-state index in [4.69, 9.17) is 9.47 Å². The Kier molecular flexibility index (Phi) is 2.70. The zero-order chi connectivity index (χ0) is 10.8. The van der Waals surface area contributed by atoms with Crippen LogP contribution in [0.15, 0.2) is 24.3 Å². The smallest absolute Gasteiger partial charge is 0.161 e. The van der Waals surface area contributed by atoms with E-state index in [1.807, 2.05) is 24.3 Å². The van der Waals surface area contributed by atoms with Crippen LogP contribution >= 0.6 is 0 Å². The lowest BCUT2D eigenvalue weighted by Gasteiger charge is -2.34. The van der Waals surface area contributed by atoms with Crippen molar-refractivity contribution in [3.63, 3.8) is 0 Å². The van der Waals surface area contributed by atoms with Crippen LogP contribution in [0.1, 0.15) is 19.3 Å². The quantitative estimate of drug-likeness (QED) is 0.783. The van der Waals surface area contributed by atoms with Gasteiger partial charge in [0, 0.05) is 6.04 Å². The lowest BCUT2D eigenvalue weighted by atomic mass is 10.00. The van der Waals surface area contributed by atoms with Gasteiger partial charge in [0.05, 0.1) is 0 Å². The zero-order valence-electron chi connectivity index (χ0n) is 9.32. The second-order valence-corrected chi connectivity index (χ2v) is 4.47. The van der Waals surface area contributed by atoms with Crippen molar-refractivity contribution in [2.45, 2.75) is 31.4 Å². The van der Waals surface area contributed by atoms with Gasteiger partial charge in [-0.25, -0.2) is 0 Å². The van der Waals surface area contributed by atoms with E-state index in [0.29, 0.717) is 12.6 Å². The standard InChI is InChI=1S/C13H17NO2/c1-2-7-12-11(6-1)15-9-13(16-12)10-5-3-4-8-14-10/h1-2,6-7,10,13-14H,3-5,8-9H2. The SMILES string of the molecule is c1ccc2c(c1)OCC(C1CCCCN1)O2. The maximum Gasteiger partial charge on any atom is 0.161 e. The number of benzene rings is 1. The number of para-hydroxylation sites is 2. The first-order valence-corrected chi connectivity index (χ1v) is 6.05. The van der Waals surface area contributed by atoms with Crippen LogP contribution in [0.2, 0.25) is 0 Å². The number of piperidine rings is 1. The topological polar surface area (TPSA) is 30.5 Å². The normalized spacial score (nSPS) is 28.8. The van der Waals surface area contributed by atoms with Gasteiger partial charge >= 0.3 is 0 Å². The Bertz CT molecular complexity index is 361. The van der Waals surface area contributed by atoms with E-state index in [1.165, 1.54) is 19.3 Å². The Balaban J connectivity index is 1.72. The van der Waals surface area contributed by atoms with Gasteiger partial charge in [0.1, 0.15) is 12.7 Å². The van der Waals surface area contributed by atoms with Gasteiger partial charge in [0.2, 0.25) is 0 Å². The second-order valence-electron chi connectivity index (χ2n) is 4.47. The van der Waals surface area contributed by atoms with Crippen molar-refractivity contribution >= 4 is 0 Å². The molecule has 2 atom stereocenters. The molecule has 16 heavy (non-hydrogen) atoms. The highest BCUT2D eigenvalue weighted by molar-refractivity contribution is 5.40. The third kappa shape index (κ3) is 1.87. The fourth-order valence-electron chi connectivity index (χ4n) is 2.43. The van der Waals surface area contributed by atoms with E-state index >= 15 is 0 Å². The van der Waals surface area contributed by atoms with Crippen LogP contribution in [0.25, 0.3) is 0 Å². The van der Waals surface area contributed by atoms with E-state index in [0.717, 1.165) is 18.0 Å². The minimum absolute atomic E-state index is 0.162. The van der Waals surface area contributed by atoms with Crippen LogP contribution in [0.5, 0.6) is 11.5 Å². The van der Waals surface area contributed by atoms with Gasteiger partial charge in [0.15, 0.2) is 11.5 Å². The third-order valence-corrected chi connectivity index (χ3v) is 3.33. The molecule has 0 amide bonds. The summed E-state index contributed by atoms with van der Waals surface area (Å²) in [7, 11) is 0. The fourth-order valence-corrected chi connectivity index (χ4v) is 2.43. The van der Waals surface area contributed by atoms with E-state index in [9.17, 15) is 0 Å². The van der Waals surface area contributed by atoms with Crippen molar-refractivity contribution in [1.82, 2.24) is 5.32 Å². The molecule has 3 nitrogen and oxygen atoms in total. The molecule has 1 fully saturated rings. The lowest BCUT2D eigenvalue weighted by Crippen LogP contribution is -2.49. The Morgan fingerprint density at radius 2 is 2.00 bits per heavy atom. The first kappa shape index (κ1) is 9.97. The molecular formula is C13H17NO2. The molecule has 1 N–H and O–H groups in total. The highest BCUT2D eigenvalue weighted by Crippen LogP contribution is 2.32. The highest BCUT2D eigenvalue weighted by atomic mass is 16.6. The van der Waals surface area contributed by atoms with E-state index in [-0.39, 0.29) is 6.10 Å². The van der Waals surface area contributed by atoms with Gasteiger partial charge in [0.25, 0.3) is 0 Å². The summed E-state index contributed by atoms with van der Waals surface area (Å²) in [5.41, 5.74) is 0. The summed E-state index contributed by atoms with van der Waals surface area (Å²) < 4.78 is 11.7. The molecule has 2 unspecified atom stereocenters. The molecule has 3 heteroatoms. The van der Waals surface area contributed by atoms with Crippen molar-refractivity contribution in [2.75, 3.05) is 13.2 Å². The summed E-state index contributed by atoms with van der Waals surface area (Å²) >= 11 is 0. The molecule has 0 radical (unpaired) electrons. The van der Waals surface area contributed by atoms with Crippen molar-refractivity contribution in [3.05, 3.63) is 24.3 Å². The molecule has 3 rings (SSSR count). The van der Waals surface area contributed by atoms with Crippen LogP contribution in [0.4, 0.5) is 0 Å². The van der Waals surface area contributed by atoms with Crippen molar-refractivity contribution in [1.29, 1.82) is 0 Å². The second kappa shape index (κ2) is 4.34. The Morgan fingerprint density at radius 3 is 2.81 bits per heavy atom. The van der Waals surface area contributed by atoms with Crippen molar-refractivity contribution in [2.24, 2.45) is 0 Å². The lowest BCUT2D eigenvalue weighted by molar-refractivity contribution is 0.0542. The zero-order valence-corrected chi connectivity index (χ0v) is 9.32. The van der Waals surface area contributed by atoms with Crippen molar-refractivity contribution < 1.29 is 9.47 Å². The fraction of sp³-hybridized carbons (Fsp3) is 0.538. The van der Waals surface area contributed by atoms with Crippen LogP contribution in [0, 0.1) is 0 Å². The first-order chi connectivity index (χ1) is 7.93. The van der Waals surface area contributed by atoms with Crippen LogP contribution in [0.3, 0.4) is 0 Å². The Morgan fingerprint density at radius 1 is 1.12 bits per heavy atom. The van der Waals surface area contributed by atoms with Crippen LogP contribution in [-0.4, -0.2) is 25.3 Å². The summed E-state index contributed by atoms with van der Waals surface area (Å²) in [6, 6.07) is 8.34. The summed E-state index contributed by atoms with van der Waals surface area (Å²) in [4.78, 5) is 0. The Labute approximate surface area is 95.8 Å². The van der Waals surface area contributed by atoms with E-state index in [1.54, 1.807) is 0 Å². The molecule has 86 valence electrons. The summed E-state index contributed by atoms with van der Waals surface area (Å²) in [6.45, 7) is 1.76. The van der Waals surface area contributed by atoms with Gasteiger partial charge < -0.3 is 14.8 Å². The minimum atomic E-state index is 0.162. The first-order valence-electron chi connectivity index (χ1n) is 6.05. The van der Waals surface area contributed by atoms with Gasteiger partial charge in [-0.05, 0) is 31.5 Å². The molecule has 1 saturated heterocycles. The summed E-state index contributed by atoms with van der Waals surface area (Å²) in [6.07, 6.45) is 3.92. The van der Waals surface area contributed by atoms with E-state index in [2.05, 4.69) is 5.32 Å². The van der Waals surface area contributed by atoms with Crippen molar-refractivity contribution in [3.8, 4) is 11.5 Å².